The Kier molecular flexibility index (Phi) is 4.81. The average molecular weight is 335 g/mol. The standard InChI is InChI=1S/C17H19ClN2OS/c18-14-4-1-11(2-5-14)16(13-7-8-22-10-13)20-17(21)12-3-6-15(19)9-12/h1-2,4-5,7-8,10,12,15-16H,3,6,9,19H2,(H,20,21). The lowest BCUT2D eigenvalue weighted by Crippen LogP contribution is -2.34. The highest BCUT2D eigenvalue weighted by Crippen LogP contribution is 2.29. The van der Waals surface area contributed by atoms with Gasteiger partial charge in [0.25, 0.3) is 0 Å². The summed E-state index contributed by atoms with van der Waals surface area (Å²) in [4.78, 5) is 12.5. The summed E-state index contributed by atoms with van der Waals surface area (Å²) in [5.41, 5.74) is 8.06. The third-order valence-electron chi connectivity index (χ3n) is 4.21. The summed E-state index contributed by atoms with van der Waals surface area (Å²) in [6, 6.07) is 9.71. The first-order valence-corrected chi connectivity index (χ1v) is 8.79. The van der Waals surface area contributed by atoms with Crippen LogP contribution in [-0.4, -0.2) is 11.9 Å². The fraction of sp³-hybridized carbons (Fsp3) is 0.353. The summed E-state index contributed by atoms with van der Waals surface area (Å²) in [7, 11) is 0. The van der Waals surface area contributed by atoms with E-state index in [0.29, 0.717) is 5.02 Å². The van der Waals surface area contributed by atoms with Gasteiger partial charge in [0.15, 0.2) is 0 Å². The number of amides is 1. The highest BCUT2D eigenvalue weighted by atomic mass is 35.5. The van der Waals surface area contributed by atoms with Gasteiger partial charge in [0, 0.05) is 17.0 Å². The zero-order valence-electron chi connectivity index (χ0n) is 12.2. The average Bonchev–Trinajstić information content (AvgIpc) is 3.17. The number of hydrogen-bond acceptors (Lipinski definition) is 3. The van der Waals surface area contributed by atoms with E-state index in [1.165, 1.54) is 0 Å². The van der Waals surface area contributed by atoms with Crippen molar-refractivity contribution in [1.82, 2.24) is 5.32 Å². The topological polar surface area (TPSA) is 55.1 Å². The summed E-state index contributed by atoms with van der Waals surface area (Å²) in [6.07, 6.45) is 2.59. The first-order valence-electron chi connectivity index (χ1n) is 7.47. The molecule has 1 aromatic carbocycles. The van der Waals surface area contributed by atoms with Gasteiger partial charge < -0.3 is 11.1 Å². The molecule has 1 aliphatic rings. The molecule has 3 rings (SSSR count). The predicted octanol–water partition coefficient (Wildman–Crippen LogP) is 3.73. The van der Waals surface area contributed by atoms with Crippen molar-refractivity contribution in [3.63, 3.8) is 0 Å². The summed E-state index contributed by atoms with van der Waals surface area (Å²) in [6.45, 7) is 0. The van der Waals surface area contributed by atoms with Gasteiger partial charge >= 0.3 is 0 Å². The van der Waals surface area contributed by atoms with Crippen LogP contribution in [0.4, 0.5) is 0 Å². The molecular weight excluding hydrogens is 316 g/mol. The zero-order valence-corrected chi connectivity index (χ0v) is 13.7. The molecule has 3 nitrogen and oxygen atoms in total. The Balaban J connectivity index is 1.80. The Morgan fingerprint density at radius 3 is 2.59 bits per heavy atom. The molecule has 0 spiro atoms. The van der Waals surface area contributed by atoms with Crippen molar-refractivity contribution in [3.05, 3.63) is 57.2 Å². The van der Waals surface area contributed by atoms with Crippen molar-refractivity contribution >= 4 is 28.8 Å². The number of carbonyl (C=O) groups excluding carboxylic acids is 1. The molecule has 0 saturated heterocycles. The van der Waals surface area contributed by atoms with Crippen LogP contribution in [0, 0.1) is 5.92 Å². The van der Waals surface area contributed by atoms with E-state index in [-0.39, 0.29) is 23.9 Å². The van der Waals surface area contributed by atoms with Crippen LogP contribution in [0.2, 0.25) is 5.02 Å². The second-order valence-corrected chi connectivity index (χ2v) is 7.04. The first-order chi connectivity index (χ1) is 10.6. The van der Waals surface area contributed by atoms with Crippen LogP contribution in [-0.2, 0) is 4.79 Å². The van der Waals surface area contributed by atoms with Crippen LogP contribution in [0.3, 0.4) is 0 Å². The van der Waals surface area contributed by atoms with Gasteiger partial charge in [-0.1, -0.05) is 23.7 Å². The smallest absolute Gasteiger partial charge is 0.223 e. The van der Waals surface area contributed by atoms with E-state index >= 15 is 0 Å². The molecule has 0 aliphatic heterocycles. The normalized spacial score (nSPS) is 22.5. The maximum atomic E-state index is 12.5. The lowest BCUT2D eigenvalue weighted by atomic mass is 9.99. The largest absolute Gasteiger partial charge is 0.345 e. The number of hydrogen-bond donors (Lipinski definition) is 2. The van der Waals surface area contributed by atoms with Gasteiger partial charge in [-0.3, -0.25) is 4.79 Å². The molecule has 1 aliphatic carbocycles. The van der Waals surface area contributed by atoms with E-state index in [1.807, 2.05) is 35.7 Å². The molecule has 2 aromatic rings. The van der Waals surface area contributed by atoms with Crippen molar-refractivity contribution in [3.8, 4) is 0 Å². The molecule has 1 saturated carbocycles. The minimum Gasteiger partial charge on any atom is -0.345 e. The van der Waals surface area contributed by atoms with Crippen LogP contribution in [0.15, 0.2) is 41.1 Å². The Hall–Kier alpha value is -1.36. The maximum absolute atomic E-state index is 12.5. The number of benzene rings is 1. The molecular formula is C17H19ClN2OS. The quantitative estimate of drug-likeness (QED) is 0.895. The number of nitrogens with two attached hydrogens (primary N) is 1. The van der Waals surface area contributed by atoms with Gasteiger partial charge in [0.05, 0.1) is 6.04 Å². The van der Waals surface area contributed by atoms with E-state index in [9.17, 15) is 4.79 Å². The van der Waals surface area contributed by atoms with Crippen molar-refractivity contribution in [2.75, 3.05) is 0 Å². The summed E-state index contributed by atoms with van der Waals surface area (Å²) < 4.78 is 0. The van der Waals surface area contributed by atoms with Gasteiger partial charge in [0.1, 0.15) is 0 Å². The fourth-order valence-electron chi connectivity index (χ4n) is 2.97. The molecule has 0 bridgehead atoms. The lowest BCUT2D eigenvalue weighted by Gasteiger charge is -2.21. The summed E-state index contributed by atoms with van der Waals surface area (Å²) >= 11 is 7.60. The Labute approximate surface area is 139 Å². The van der Waals surface area contributed by atoms with Crippen LogP contribution in [0.25, 0.3) is 0 Å². The lowest BCUT2D eigenvalue weighted by molar-refractivity contribution is -0.125. The van der Waals surface area contributed by atoms with Crippen LogP contribution < -0.4 is 11.1 Å². The third kappa shape index (κ3) is 3.51. The van der Waals surface area contributed by atoms with E-state index < -0.39 is 0 Å². The molecule has 1 aromatic heterocycles. The van der Waals surface area contributed by atoms with Gasteiger partial charge in [-0.05, 0) is 59.3 Å². The molecule has 116 valence electrons. The van der Waals surface area contributed by atoms with Gasteiger partial charge in [-0.15, -0.1) is 0 Å². The highest BCUT2D eigenvalue weighted by Gasteiger charge is 2.29. The third-order valence-corrected chi connectivity index (χ3v) is 5.16. The summed E-state index contributed by atoms with van der Waals surface area (Å²) in [5.74, 6) is 0.127. The molecule has 1 amide bonds. The number of thiophene rings is 1. The number of carbonyl (C=O) groups is 1. The second kappa shape index (κ2) is 6.82. The molecule has 3 N–H and O–H groups in total. The minimum absolute atomic E-state index is 0.0310. The Morgan fingerprint density at radius 2 is 2.00 bits per heavy atom. The van der Waals surface area contributed by atoms with Crippen LogP contribution >= 0.6 is 22.9 Å². The monoisotopic (exact) mass is 334 g/mol. The molecule has 0 radical (unpaired) electrons. The minimum atomic E-state index is -0.132. The number of halogens is 1. The molecule has 5 heteroatoms. The van der Waals surface area contributed by atoms with E-state index in [2.05, 4.69) is 10.7 Å². The van der Waals surface area contributed by atoms with Crippen LogP contribution in [0.5, 0.6) is 0 Å². The van der Waals surface area contributed by atoms with Gasteiger partial charge in [-0.2, -0.15) is 11.3 Å². The van der Waals surface area contributed by atoms with Crippen molar-refractivity contribution in [2.45, 2.75) is 31.3 Å². The van der Waals surface area contributed by atoms with Gasteiger partial charge in [-0.25, -0.2) is 0 Å². The number of nitrogens with one attached hydrogen (secondary N) is 1. The van der Waals surface area contributed by atoms with E-state index in [1.54, 1.807) is 11.3 Å². The fourth-order valence-corrected chi connectivity index (χ4v) is 3.78. The van der Waals surface area contributed by atoms with Crippen molar-refractivity contribution < 1.29 is 4.79 Å². The molecule has 1 fully saturated rings. The summed E-state index contributed by atoms with van der Waals surface area (Å²) in [5, 5.41) is 7.98. The van der Waals surface area contributed by atoms with Gasteiger partial charge in [0.2, 0.25) is 5.91 Å². The van der Waals surface area contributed by atoms with Crippen molar-refractivity contribution in [2.24, 2.45) is 11.7 Å². The number of rotatable bonds is 4. The van der Waals surface area contributed by atoms with Crippen molar-refractivity contribution in [1.29, 1.82) is 0 Å². The first kappa shape index (κ1) is 15.5. The van der Waals surface area contributed by atoms with Crippen LogP contribution in [0.1, 0.15) is 36.4 Å². The van der Waals surface area contributed by atoms with E-state index in [4.69, 9.17) is 17.3 Å². The van der Waals surface area contributed by atoms with E-state index in [0.717, 1.165) is 30.4 Å². The Morgan fingerprint density at radius 1 is 1.23 bits per heavy atom. The second-order valence-electron chi connectivity index (χ2n) is 5.82. The maximum Gasteiger partial charge on any atom is 0.223 e. The SMILES string of the molecule is NC1CCC(C(=O)NC(c2ccc(Cl)cc2)c2ccsc2)C1. The molecule has 22 heavy (non-hydrogen) atoms. The molecule has 3 unspecified atom stereocenters. The highest BCUT2D eigenvalue weighted by molar-refractivity contribution is 7.08. The molecule has 1 heterocycles. The predicted molar refractivity (Wildman–Crippen MR) is 91.1 cm³/mol. The zero-order chi connectivity index (χ0) is 15.5. The molecule has 3 atom stereocenters. The Bertz CT molecular complexity index is 627.